The molecule has 0 saturated carbocycles. The molecule has 156 valence electrons. The number of piperidine rings is 1. The van der Waals surface area contributed by atoms with Gasteiger partial charge in [0.05, 0.1) is 0 Å². The van der Waals surface area contributed by atoms with Crippen molar-refractivity contribution in [2.24, 2.45) is 11.8 Å². The Morgan fingerprint density at radius 1 is 1.15 bits per heavy atom. The Labute approximate surface area is 177 Å². The predicted octanol–water partition coefficient (Wildman–Crippen LogP) is 4.10. The van der Waals surface area contributed by atoms with Crippen LogP contribution in [0, 0.1) is 11.8 Å². The van der Waals surface area contributed by atoms with Crippen molar-refractivity contribution in [3.05, 3.63) is 35.9 Å². The first-order valence-electron chi connectivity index (χ1n) is 9.67. The normalized spacial score (nSPS) is 17.2. The van der Waals surface area contributed by atoms with Crippen LogP contribution in [-0.4, -0.2) is 31.1 Å². The lowest BCUT2D eigenvalue weighted by Crippen LogP contribution is -2.50. The van der Waals surface area contributed by atoms with Crippen LogP contribution >= 0.6 is 24.8 Å². The number of carbonyl (C=O) groups is 1. The van der Waals surface area contributed by atoms with Crippen LogP contribution < -0.4 is 16.0 Å². The van der Waals surface area contributed by atoms with Crippen molar-refractivity contribution in [3.63, 3.8) is 0 Å². The topological polar surface area (TPSA) is 53.2 Å². The van der Waals surface area contributed by atoms with Gasteiger partial charge in [0.15, 0.2) is 0 Å². The number of benzene rings is 1. The van der Waals surface area contributed by atoms with E-state index in [1.807, 2.05) is 6.07 Å². The molecule has 1 aromatic rings. The third-order valence-electron chi connectivity index (χ3n) is 5.33. The molecule has 6 heteroatoms. The van der Waals surface area contributed by atoms with E-state index < -0.39 is 0 Å². The maximum atomic E-state index is 12.3. The monoisotopic (exact) mass is 417 g/mol. The summed E-state index contributed by atoms with van der Waals surface area (Å²) >= 11 is 0. The van der Waals surface area contributed by atoms with Gasteiger partial charge in [0.25, 0.3) is 0 Å². The molecule has 1 heterocycles. The van der Waals surface area contributed by atoms with Crippen LogP contribution in [0.4, 0.5) is 0 Å². The van der Waals surface area contributed by atoms with Crippen molar-refractivity contribution >= 4 is 30.7 Å². The molecule has 27 heavy (non-hydrogen) atoms. The molecule has 2 rings (SSSR count). The molecule has 1 aliphatic heterocycles. The quantitative estimate of drug-likeness (QED) is 0.596. The van der Waals surface area contributed by atoms with E-state index in [2.05, 4.69) is 67.9 Å². The molecule has 2 unspecified atom stereocenters. The Balaban J connectivity index is 0.00000338. The van der Waals surface area contributed by atoms with Gasteiger partial charge in [-0.25, -0.2) is 0 Å². The fourth-order valence-electron chi connectivity index (χ4n) is 3.73. The van der Waals surface area contributed by atoms with Crippen LogP contribution in [0.5, 0.6) is 0 Å². The van der Waals surface area contributed by atoms with Gasteiger partial charge in [-0.05, 0) is 64.1 Å². The van der Waals surface area contributed by atoms with Crippen LogP contribution in [0.3, 0.4) is 0 Å². The SMILES string of the molecule is CC(NC(C)(C)CNC(=O)CC(C)C1CCNCC1)c1ccccc1.Cl.Cl. The number of hydrogen-bond donors (Lipinski definition) is 3. The van der Waals surface area contributed by atoms with Gasteiger partial charge in [-0.2, -0.15) is 0 Å². The van der Waals surface area contributed by atoms with Crippen molar-refractivity contribution in [2.75, 3.05) is 19.6 Å². The summed E-state index contributed by atoms with van der Waals surface area (Å²) in [6.07, 6.45) is 3.02. The Morgan fingerprint density at radius 3 is 2.33 bits per heavy atom. The minimum Gasteiger partial charge on any atom is -0.354 e. The molecule has 1 aromatic carbocycles. The maximum Gasteiger partial charge on any atom is 0.220 e. The second kappa shape index (κ2) is 12.6. The molecule has 0 radical (unpaired) electrons. The fourth-order valence-corrected chi connectivity index (χ4v) is 3.73. The van der Waals surface area contributed by atoms with E-state index in [-0.39, 0.29) is 42.3 Å². The average molecular weight is 418 g/mol. The first-order valence-corrected chi connectivity index (χ1v) is 9.67. The number of hydrogen-bond acceptors (Lipinski definition) is 3. The van der Waals surface area contributed by atoms with E-state index in [1.165, 1.54) is 18.4 Å². The lowest BCUT2D eigenvalue weighted by atomic mass is 9.84. The van der Waals surface area contributed by atoms with Gasteiger partial charge in [-0.15, -0.1) is 24.8 Å². The van der Waals surface area contributed by atoms with Gasteiger partial charge in [0.2, 0.25) is 5.91 Å². The number of halogens is 2. The van der Waals surface area contributed by atoms with Crippen molar-refractivity contribution in [2.45, 2.75) is 58.5 Å². The zero-order chi connectivity index (χ0) is 18.3. The highest BCUT2D eigenvalue weighted by Crippen LogP contribution is 2.24. The summed E-state index contributed by atoms with van der Waals surface area (Å²) in [6, 6.07) is 10.7. The fraction of sp³-hybridized carbons (Fsp3) is 0.667. The lowest BCUT2D eigenvalue weighted by Gasteiger charge is -2.31. The lowest BCUT2D eigenvalue weighted by molar-refractivity contribution is -0.122. The molecular formula is C21H37Cl2N3O. The predicted molar refractivity (Wildman–Crippen MR) is 119 cm³/mol. The van der Waals surface area contributed by atoms with Crippen LogP contribution in [0.25, 0.3) is 0 Å². The number of carbonyl (C=O) groups excluding carboxylic acids is 1. The standard InChI is InChI=1S/C21H35N3O.2ClH/c1-16(18-10-12-22-13-11-18)14-20(25)23-15-21(3,4)24-17(2)19-8-6-5-7-9-19;;/h5-9,16-18,22,24H,10-15H2,1-4H3,(H,23,25);2*1H. The summed E-state index contributed by atoms with van der Waals surface area (Å²) in [6.45, 7) is 11.5. The van der Waals surface area contributed by atoms with Crippen LogP contribution in [-0.2, 0) is 4.79 Å². The Kier molecular flexibility index (Phi) is 12.2. The minimum absolute atomic E-state index is 0. The van der Waals surface area contributed by atoms with E-state index in [0.717, 1.165) is 13.1 Å². The first kappa shape index (κ1) is 26.2. The Hall–Kier alpha value is -0.810. The number of rotatable bonds is 8. The van der Waals surface area contributed by atoms with Gasteiger partial charge in [0.1, 0.15) is 0 Å². The molecule has 0 bridgehead atoms. The summed E-state index contributed by atoms with van der Waals surface area (Å²) in [7, 11) is 0. The molecule has 1 aliphatic rings. The summed E-state index contributed by atoms with van der Waals surface area (Å²) in [5.74, 6) is 1.31. The second-order valence-electron chi connectivity index (χ2n) is 8.21. The van der Waals surface area contributed by atoms with Crippen LogP contribution in [0.1, 0.15) is 58.6 Å². The van der Waals surface area contributed by atoms with Crippen molar-refractivity contribution < 1.29 is 4.79 Å². The first-order chi connectivity index (χ1) is 11.9. The molecule has 1 fully saturated rings. The zero-order valence-electron chi connectivity index (χ0n) is 17.1. The van der Waals surface area contributed by atoms with E-state index >= 15 is 0 Å². The summed E-state index contributed by atoms with van der Waals surface area (Å²) in [5, 5.41) is 10.1. The van der Waals surface area contributed by atoms with E-state index in [1.54, 1.807) is 0 Å². The highest BCUT2D eigenvalue weighted by Gasteiger charge is 2.24. The van der Waals surface area contributed by atoms with Gasteiger partial charge >= 0.3 is 0 Å². The largest absolute Gasteiger partial charge is 0.354 e. The van der Waals surface area contributed by atoms with E-state index in [4.69, 9.17) is 0 Å². The number of nitrogens with one attached hydrogen (secondary N) is 3. The highest BCUT2D eigenvalue weighted by molar-refractivity contribution is 5.85. The van der Waals surface area contributed by atoms with E-state index in [0.29, 0.717) is 24.8 Å². The van der Waals surface area contributed by atoms with E-state index in [9.17, 15) is 4.79 Å². The molecule has 0 aliphatic carbocycles. The summed E-state index contributed by atoms with van der Waals surface area (Å²) in [4.78, 5) is 12.3. The second-order valence-corrected chi connectivity index (χ2v) is 8.21. The molecule has 0 spiro atoms. The smallest absolute Gasteiger partial charge is 0.220 e. The van der Waals surface area contributed by atoms with Gasteiger partial charge in [-0.1, -0.05) is 37.3 Å². The summed E-state index contributed by atoms with van der Waals surface area (Å²) < 4.78 is 0. The third kappa shape index (κ3) is 9.29. The Bertz CT molecular complexity index is 533. The van der Waals surface area contributed by atoms with Gasteiger partial charge in [-0.3, -0.25) is 4.79 Å². The van der Waals surface area contributed by atoms with Gasteiger partial charge in [0, 0.05) is 24.5 Å². The summed E-state index contributed by atoms with van der Waals surface area (Å²) in [5.41, 5.74) is 1.12. The van der Waals surface area contributed by atoms with Crippen molar-refractivity contribution in [3.8, 4) is 0 Å². The molecule has 1 saturated heterocycles. The Morgan fingerprint density at radius 2 is 1.74 bits per heavy atom. The van der Waals surface area contributed by atoms with Crippen LogP contribution in [0.15, 0.2) is 30.3 Å². The molecular weight excluding hydrogens is 381 g/mol. The molecule has 2 atom stereocenters. The zero-order valence-corrected chi connectivity index (χ0v) is 18.7. The van der Waals surface area contributed by atoms with Gasteiger partial charge < -0.3 is 16.0 Å². The molecule has 3 N–H and O–H groups in total. The van der Waals surface area contributed by atoms with Crippen LogP contribution in [0.2, 0.25) is 0 Å². The van der Waals surface area contributed by atoms with Crippen molar-refractivity contribution in [1.29, 1.82) is 0 Å². The average Bonchev–Trinajstić information content (AvgIpc) is 2.61. The molecule has 4 nitrogen and oxygen atoms in total. The molecule has 0 aromatic heterocycles. The maximum absolute atomic E-state index is 12.3. The number of amides is 1. The molecule has 1 amide bonds. The van der Waals surface area contributed by atoms with Crippen molar-refractivity contribution in [1.82, 2.24) is 16.0 Å². The highest BCUT2D eigenvalue weighted by atomic mass is 35.5. The minimum atomic E-state index is -0.150. The third-order valence-corrected chi connectivity index (χ3v) is 5.33.